The van der Waals surface area contributed by atoms with Crippen molar-refractivity contribution in [2.24, 2.45) is 0 Å². The van der Waals surface area contributed by atoms with Crippen LogP contribution in [0.4, 0.5) is 4.79 Å². The van der Waals surface area contributed by atoms with E-state index in [2.05, 4.69) is 6.07 Å². The molecule has 0 saturated carbocycles. The van der Waals surface area contributed by atoms with Gasteiger partial charge in [0.15, 0.2) is 0 Å². The fourth-order valence-electron chi connectivity index (χ4n) is 1.34. The Hall–Kier alpha value is -1.29. The molecule has 1 amide bonds. The summed E-state index contributed by atoms with van der Waals surface area (Å²) < 4.78 is 4.91. The number of carbonyl (C=O) groups excluding carboxylic acids is 1. The van der Waals surface area contributed by atoms with Crippen molar-refractivity contribution in [1.82, 2.24) is 4.90 Å². The highest BCUT2D eigenvalue weighted by Crippen LogP contribution is 2.24. The summed E-state index contributed by atoms with van der Waals surface area (Å²) in [4.78, 5) is 14.2. The Morgan fingerprint density at radius 2 is 2.57 bits per heavy atom. The summed E-state index contributed by atoms with van der Waals surface area (Å²) in [5, 5.41) is 2.03. The highest BCUT2D eigenvalue weighted by atomic mass is 32.1. The maximum absolute atomic E-state index is 11.4. The molecule has 0 atom stereocenters. The molecule has 0 aromatic carbocycles. The average molecular weight is 209 g/mol. The molecule has 74 valence electrons. The lowest BCUT2D eigenvalue weighted by Gasteiger charge is -2.20. The maximum atomic E-state index is 11.4. The molecule has 1 aliphatic rings. The van der Waals surface area contributed by atoms with E-state index in [9.17, 15) is 4.79 Å². The van der Waals surface area contributed by atoms with Gasteiger partial charge in [-0.1, -0.05) is 0 Å². The van der Waals surface area contributed by atoms with Crippen molar-refractivity contribution in [2.45, 2.75) is 13.5 Å². The third kappa shape index (κ3) is 1.65. The van der Waals surface area contributed by atoms with Gasteiger partial charge in [-0.25, -0.2) is 4.79 Å². The zero-order valence-electron chi connectivity index (χ0n) is 7.90. The summed E-state index contributed by atoms with van der Waals surface area (Å²) in [6.45, 7) is 2.85. The Morgan fingerprint density at radius 3 is 3.36 bits per heavy atom. The lowest BCUT2D eigenvalue weighted by molar-refractivity contribution is 0.120. The summed E-state index contributed by atoms with van der Waals surface area (Å²) in [6.07, 6.45) is 3.43. The van der Waals surface area contributed by atoms with Crippen molar-refractivity contribution in [1.29, 1.82) is 0 Å². The van der Waals surface area contributed by atoms with Crippen LogP contribution in [0.3, 0.4) is 0 Å². The quantitative estimate of drug-likeness (QED) is 0.711. The molecule has 3 nitrogen and oxygen atoms in total. The van der Waals surface area contributed by atoms with Gasteiger partial charge in [0.05, 0.1) is 13.2 Å². The monoisotopic (exact) mass is 209 g/mol. The number of carbonyl (C=O) groups is 1. The van der Waals surface area contributed by atoms with Gasteiger partial charge in [0.25, 0.3) is 0 Å². The van der Waals surface area contributed by atoms with Crippen LogP contribution in [0.1, 0.15) is 17.4 Å². The molecule has 4 heteroatoms. The van der Waals surface area contributed by atoms with Gasteiger partial charge >= 0.3 is 6.09 Å². The summed E-state index contributed by atoms with van der Waals surface area (Å²) >= 11 is 1.66. The second-order valence-electron chi connectivity index (χ2n) is 2.94. The predicted molar refractivity (Wildman–Crippen MR) is 55.9 cm³/mol. The molecule has 1 aromatic rings. The highest BCUT2D eigenvalue weighted by molar-refractivity contribution is 7.10. The molecule has 0 saturated heterocycles. The number of fused-ring (bicyclic) bond motifs is 1. The zero-order valence-corrected chi connectivity index (χ0v) is 8.71. The van der Waals surface area contributed by atoms with E-state index in [1.165, 1.54) is 10.4 Å². The number of hydrogen-bond donors (Lipinski definition) is 0. The second-order valence-corrected chi connectivity index (χ2v) is 3.94. The molecular formula is C10H11NO2S. The number of ether oxygens (including phenoxy) is 1. The predicted octanol–water partition coefficient (Wildman–Crippen LogP) is 2.69. The highest BCUT2D eigenvalue weighted by Gasteiger charge is 2.17. The lowest BCUT2D eigenvalue weighted by Crippen LogP contribution is -2.27. The number of nitrogens with zero attached hydrogens (tertiary/aromatic N) is 1. The molecule has 14 heavy (non-hydrogen) atoms. The van der Waals surface area contributed by atoms with E-state index >= 15 is 0 Å². The van der Waals surface area contributed by atoms with E-state index in [0.717, 1.165) is 0 Å². The smallest absolute Gasteiger partial charge is 0.414 e. The third-order valence-corrected chi connectivity index (χ3v) is 2.95. The van der Waals surface area contributed by atoms with Gasteiger partial charge in [0.2, 0.25) is 0 Å². The van der Waals surface area contributed by atoms with Crippen LogP contribution in [0.15, 0.2) is 17.6 Å². The maximum Gasteiger partial charge on any atom is 0.414 e. The fourth-order valence-corrected chi connectivity index (χ4v) is 2.20. The van der Waals surface area contributed by atoms with Crippen LogP contribution in [-0.2, 0) is 11.3 Å². The molecule has 0 unspecified atom stereocenters. The Kier molecular flexibility index (Phi) is 2.54. The standard InChI is InChI=1S/C10H11NO2S/c1-2-13-10(12)11-5-3-8-4-6-14-9(8)7-11/h3-6H,2,7H2,1H3. The molecule has 2 rings (SSSR count). The average Bonchev–Trinajstić information content (AvgIpc) is 2.64. The topological polar surface area (TPSA) is 29.5 Å². The SMILES string of the molecule is CCOC(=O)N1C=Cc2ccsc2C1. The van der Waals surface area contributed by atoms with Crippen molar-refractivity contribution in [3.63, 3.8) is 0 Å². The Bertz CT molecular complexity index is 370. The number of rotatable bonds is 1. The first-order valence-electron chi connectivity index (χ1n) is 4.49. The first-order chi connectivity index (χ1) is 6.81. The Morgan fingerprint density at radius 1 is 1.71 bits per heavy atom. The van der Waals surface area contributed by atoms with Gasteiger partial charge in [-0.15, -0.1) is 11.3 Å². The first-order valence-corrected chi connectivity index (χ1v) is 5.37. The van der Waals surface area contributed by atoms with Gasteiger partial charge in [-0.05, 0) is 30.0 Å². The largest absolute Gasteiger partial charge is 0.449 e. The summed E-state index contributed by atoms with van der Waals surface area (Å²) in [6, 6.07) is 2.05. The molecular weight excluding hydrogens is 198 g/mol. The second kappa shape index (κ2) is 3.84. The van der Waals surface area contributed by atoms with Gasteiger partial charge in [0, 0.05) is 11.1 Å². The van der Waals surface area contributed by atoms with Crippen LogP contribution >= 0.6 is 11.3 Å². The van der Waals surface area contributed by atoms with Crippen molar-refractivity contribution in [3.8, 4) is 0 Å². The van der Waals surface area contributed by atoms with Crippen LogP contribution in [-0.4, -0.2) is 17.6 Å². The summed E-state index contributed by atoms with van der Waals surface area (Å²) in [5.74, 6) is 0. The Labute approximate surface area is 86.6 Å². The van der Waals surface area contributed by atoms with Gasteiger partial charge in [-0.2, -0.15) is 0 Å². The van der Waals surface area contributed by atoms with Gasteiger partial charge < -0.3 is 4.74 Å². The van der Waals surface area contributed by atoms with Crippen molar-refractivity contribution >= 4 is 23.5 Å². The van der Waals surface area contributed by atoms with E-state index in [1.807, 2.05) is 18.4 Å². The van der Waals surface area contributed by atoms with Gasteiger partial charge in [-0.3, -0.25) is 4.90 Å². The minimum atomic E-state index is -0.275. The number of amides is 1. The van der Waals surface area contributed by atoms with Crippen molar-refractivity contribution in [2.75, 3.05) is 6.61 Å². The molecule has 0 fully saturated rings. The summed E-state index contributed by atoms with van der Waals surface area (Å²) in [7, 11) is 0. The molecule has 1 aliphatic heterocycles. The minimum absolute atomic E-state index is 0.275. The van der Waals surface area contributed by atoms with E-state index < -0.39 is 0 Å². The zero-order chi connectivity index (χ0) is 9.97. The van der Waals surface area contributed by atoms with Crippen LogP contribution in [0, 0.1) is 0 Å². The fraction of sp³-hybridized carbons (Fsp3) is 0.300. The first kappa shape index (κ1) is 9.27. The molecule has 1 aromatic heterocycles. The van der Waals surface area contributed by atoms with E-state index in [4.69, 9.17) is 4.74 Å². The minimum Gasteiger partial charge on any atom is -0.449 e. The lowest BCUT2D eigenvalue weighted by atomic mass is 10.2. The number of hydrogen-bond acceptors (Lipinski definition) is 3. The normalized spacial score (nSPS) is 13.9. The van der Waals surface area contributed by atoms with E-state index in [1.54, 1.807) is 22.4 Å². The van der Waals surface area contributed by atoms with Gasteiger partial charge in [0.1, 0.15) is 0 Å². The van der Waals surface area contributed by atoms with E-state index in [-0.39, 0.29) is 6.09 Å². The Balaban J connectivity index is 2.10. The van der Waals surface area contributed by atoms with Crippen molar-refractivity contribution < 1.29 is 9.53 Å². The third-order valence-electron chi connectivity index (χ3n) is 2.03. The molecule has 0 radical (unpaired) electrons. The summed E-state index contributed by atoms with van der Waals surface area (Å²) in [5.41, 5.74) is 1.20. The molecule has 0 spiro atoms. The van der Waals surface area contributed by atoms with Crippen LogP contribution in [0.2, 0.25) is 0 Å². The molecule has 2 heterocycles. The molecule has 0 aliphatic carbocycles. The van der Waals surface area contributed by atoms with Crippen LogP contribution < -0.4 is 0 Å². The van der Waals surface area contributed by atoms with Crippen LogP contribution in [0.5, 0.6) is 0 Å². The van der Waals surface area contributed by atoms with Crippen molar-refractivity contribution in [3.05, 3.63) is 28.1 Å². The number of thiophene rings is 1. The molecule has 0 bridgehead atoms. The van der Waals surface area contributed by atoms with Crippen LogP contribution in [0.25, 0.3) is 6.08 Å². The van der Waals surface area contributed by atoms with E-state index in [0.29, 0.717) is 13.2 Å². The molecule has 0 N–H and O–H groups in total.